The van der Waals surface area contributed by atoms with Gasteiger partial charge in [-0.1, -0.05) is 0 Å². The van der Waals surface area contributed by atoms with Crippen LogP contribution in [0.5, 0.6) is 5.75 Å². The van der Waals surface area contributed by atoms with Gasteiger partial charge in [0.15, 0.2) is 0 Å². The molecule has 5 nitrogen and oxygen atoms in total. The van der Waals surface area contributed by atoms with Crippen molar-refractivity contribution in [2.75, 3.05) is 32.8 Å². The molecule has 118 valence electrons. The summed E-state index contributed by atoms with van der Waals surface area (Å²) in [6.07, 6.45) is 3.37. The van der Waals surface area contributed by atoms with Crippen LogP contribution in [0, 0.1) is 0 Å². The first-order chi connectivity index (χ1) is 10.1. The molecule has 0 bridgehead atoms. The van der Waals surface area contributed by atoms with E-state index in [2.05, 4.69) is 9.62 Å². The SMILES string of the molecule is CCOc1ccc(S(=O)(=O)NCCCN2CCCC2)cc1. The maximum atomic E-state index is 12.1. The monoisotopic (exact) mass is 312 g/mol. The fourth-order valence-corrected chi connectivity index (χ4v) is 3.55. The average molecular weight is 312 g/mol. The number of rotatable bonds is 8. The van der Waals surface area contributed by atoms with Crippen LogP contribution in [0.15, 0.2) is 29.2 Å². The van der Waals surface area contributed by atoms with Crippen molar-refractivity contribution in [1.29, 1.82) is 0 Å². The van der Waals surface area contributed by atoms with Crippen molar-refractivity contribution in [2.24, 2.45) is 0 Å². The zero-order valence-corrected chi connectivity index (χ0v) is 13.4. The number of ether oxygens (including phenoxy) is 1. The molecule has 1 N–H and O–H groups in total. The molecule has 0 aliphatic carbocycles. The summed E-state index contributed by atoms with van der Waals surface area (Å²) < 4.78 is 32.2. The Bertz CT molecular complexity index is 522. The van der Waals surface area contributed by atoms with Crippen LogP contribution >= 0.6 is 0 Å². The molecule has 0 unspecified atom stereocenters. The maximum absolute atomic E-state index is 12.1. The Hall–Kier alpha value is -1.11. The highest BCUT2D eigenvalue weighted by molar-refractivity contribution is 7.89. The number of hydrogen-bond acceptors (Lipinski definition) is 4. The molecule has 1 fully saturated rings. The van der Waals surface area contributed by atoms with Gasteiger partial charge in [0, 0.05) is 6.54 Å². The van der Waals surface area contributed by atoms with E-state index in [1.165, 1.54) is 12.8 Å². The first-order valence-electron chi connectivity index (χ1n) is 7.57. The van der Waals surface area contributed by atoms with Crippen LogP contribution in [0.2, 0.25) is 0 Å². The lowest BCUT2D eigenvalue weighted by atomic mass is 10.3. The van der Waals surface area contributed by atoms with Gasteiger partial charge in [0.25, 0.3) is 0 Å². The van der Waals surface area contributed by atoms with Gasteiger partial charge in [-0.25, -0.2) is 13.1 Å². The molecule has 2 rings (SSSR count). The van der Waals surface area contributed by atoms with Crippen molar-refractivity contribution in [3.63, 3.8) is 0 Å². The Morgan fingerprint density at radius 3 is 2.48 bits per heavy atom. The molecule has 21 heavy (non-hydrogen) atoms. The third-order valence-electron chi connectivity index (χ3n) is 3.59. The first-order valence-corrected chi connectivity index (χ1v) is 9.05. The number of likely N-dealkylation sites (tertiary alicyclic amines) is 1. The van der Waals surface area contributed by atoms with Crippen LogP contribution in [-0.2, 0) is 10.0 Å². The molecule has 1 aromatic rings. The molecule has 6 heteroatoms. The molecule has 0 radical (unpaired) electrons. The number of hydrogen-bond donors (Lipinski definition) is 1. The molecule has 0 spiro atoms. The van der Waals surface area contributed by atoms with E-state index in [1.807, 2.05) is 6.92 Å². The van der Waals surface area contributed by atoms with E-state index < -0.39 is 10.0 Å². The quantitative estimate of drug-likeness (QED) is 0.744. The standard InChI is InChI=1S/C15H24N2O3S/c1-2-20-14-6-8-15(9-7-14)21(18,19)16-10-5-13-17-11-3-4-12-17/h6-9,16H,2-5,10-13H2,1H3. The lowest BCUT2D eigenvalue weighted by molar-refractivity contribution is 0.334. The molecular formula is C15H24N2O3S. The van der Waals surface area contributed by atoms with Gasteiger partial charge < -0.3 is 9.64 Å². The normalized spacial score (nSPS) is 16.2. The van der Waals surface area contributed by atoms with E-state index in [9.17, 15) is 8.42 Å². The maximum Gasteiger partial charge on any atom is 0.240 e. The molecule has 1 heterocycles. The van der Waals surface area contributed by atoms with Gasteiger partial charge >= 0.3 is 0 Å². The highest BCUT2D eigenvalue weighted by Gasteiger charge is 2.14. The Morgan fingerprint density at radius 1 is 1.19 bits per heavy atom. The molecule has 1 saturated heterocycles. The fourth-order valence-electron chi connectivity index (χ4n) is 2.48. The molecule has 0 atom stereocenters. The predicted molar refractivity (Wildman–Crippen MR) is 83.1 cm³/mol. The number of benzene rings is 1. The van der Waals surface area contributed by atoms with Crippen LogP contribution in [-0.4, -0.2) is 46.1 Å². The molecule has 0 aromatic heterocycles. The van der Waals surface area contributed by atoms with Gasteiger partial charge in [0.2, 0.25) is 10.0 Å². The van der Waals surface area contributed by atoms with Crippen LogP contribution in [0.3, 0.4) is 0 Å². The lowest BCUT2D eigenvalue weighted by Gasteiger charge is -2.14. The van der Waals surface area contributed by atoms with E-state index in [1.54, 1.807) is 24.3 Å². The summed E-state index contributed by atoms with van der Waals surface area (Å²) in [5.74, 6) is 0.686. The van der Waals surface area contributed by atoms with Crippen molar-refractivity contribution in [3.8, 4) is 5.75 Å². The van der Waals surface area contributed by atoms with Gasteiger partial charge in [-0.2, -0.15) is 0 Å². The second-order valence-electron chi connectivity index (χ2n) is 5.20. The van der Waals surface area contributed by atoms with E-state index in [-0.39, 0.29) is 4.90 Å². The second-order valence-corrected chi connectivity index (χ2v) is 6.97. The minimum atomic E-state index is -3.41. The predicted octanol–water partition coefficient (Wildman–Crippen LogP) is 1.85. The topological polar surface area (TPSA) is 58.6 Å². The smallest absolute Gasteiger partial charge is 0.240 e. The summed E-state index contributed by atoms with van der Waals surface area (Å²) in [6, 6.07) is 6.52. The summed E-state index contributed by atoms with van der Waals surface area (Å²) in [5, 5.41) is 0. The van der Waals surface area contributed by atoms with Crippen molar-refractivity contribution in [1.82, 2.24) is 9.62 Å². The second kappa shape index (κ2) is 7.77. The third kappa shape index (κ3) is 4.98. The largest absolute Gasteiger partial charge is 0.494 e. The van der Waals surface area contributed by atoms with Gasteiger partial charge in [0.05, 0.1) is 11.5 Å². The van der Waals surface area contributed by atoms with Gasteiger partial charge in [0.1, 0.15) is 5.75 Å². The molecular weight excluding hydrogens is 288 g/mol. The minimum Gasteiger partial charge on any atom is -0.494 e. The van der Waals surface area contributed by atoms with Gasteiger partial charge in [-0.05, 0) is 70.1 Å². The lowest BCUT2D eigenvalue weighted by Crippen LogP contribution is -2.28. The molecule has 1 aliphatic heterocycles. The van der Waals surface area contributed by atoms with Gasteiger partial charge in [-0.3, -0.25) is 0 Å². The van der Waals surface area contributed by atoms with E-state index in [0.29, 0.717) is 18.9 Å². The summed E-state index contributed by atoms with van der Waals surface area (Å²) in [6.45, 7) is 6.20. The molecule has 1 aliphatic rings. The van der Waals surface area contributed by atoms with Crippen LogP contribution in [0.25, 0.3) is 0 Å². The number of sulfonamides is 1. The Morgan fingerprint density at radius 2 is 1.86 bits per heavy atom. The number of nitrogens with zero attached hydrogens (tertiary/aromatic N) is 1. The van der Waals surface area contributed by atoms with Crippen LogP contribution in [0.1, 0.15) is 26.2 Å². The summed E-state index contributed by atoms with van der Waals surface area (Å²) >= 11 is 0. The van der Waals surface area contributed by atoms with E-state index in [0.717, 1.165) is 26.1 Å². The first kappa shape index (κ1) is 16.3. The highest BCUT2D eigenvalue weighted by Crippen LogP contribution is 2.15. The van der Waals surface area contributed by atoms with Crippen molar-refractivity contribution < 1.29 is 13.2 Å². The van der Waals surface area contributed by atoms with Crippen molar-refractivity contribution in [2.45, 2.75) is 31.1 Å². The molecule has 1 aromatic carbocycles. The zero-order chi connectivity index (χ0) is 15.1. The minimum absolute atomic E-state index is 0.284. The molecule has 0 amide bonds. The highest BCUT2D eigenvalue weighted by atomic mass is 32.2. The Kier molecular flexibility index (Phi) is 6.02. The Balaban J connectivity index is 1.80. The summed E-state index contributed by atoms with van der Waals surface area (Å²) in [7, 11) is -3.41. The van der Waals surface area contributed by atoms with E-state index >= 15 is 0 Å². The van der Waals surface area contributed by atoms with Crippen LogP contribution in [0.4, 0.5) is 0 Å². The summed E-state index contributed by atoms with van der Waals surface area (Å²) in [5.41, 5.74) is 0. The molecule has 0 saturated carbocycles. The van der Waals surface area contributed by atoms with E-state index in [4.69, 9.17) is 4.74 Å². The average Bonchev–Trinajstić information content (AvgIpc) is 2.98. The van der Waals surface area contributed by atoms with Crippen LogP contribution < -0.4 is 9.46 Å². The van der Waals surface area contributed by atoms with Crippen molar-refractivity contribution in [3.05, 3.63) is 24.3 Å². The van der Waals surface area contributed by atoms with Crippen molar-refractivity contribution >= 4 is 10.0 Å². The Labute approximate surface area is 127 Å². The summed E-state index contributed by atoms with van der Waals surface area (Å²) in [4.78, 5) is 2.66. The van der Waals surface area contributed by atoms with Gasteiger partial charge in [-0.15, -0.1) is 0 Å². The third-order valence-corrected chi connectivity index (χ3v) is 5.06. The zero-order valence-electron chi connectivity index (χ0n) is 12.5. The number of nitrogens with one attached hydrogen (secondary N) is 1. The fraction of sp³-hybridized carbons (Fsp3) is 0.600.